The van der Waals surface area contributed by atoms with E-state index in [-0.39, 0.29) is 18.1 Å². The number of carboxylic acids is 1. The Morgan fingerprint density at radius 1 is 0.963 bits per heavy atom. The molecule has 0 radical (unpaired) electrons. The van der Waals surface area contributed by atoms with Crippen molar-refractivity contribution in [2.24, 2.45) is 17.8 Å². The fourth-order valence-electron chi connectivity index (χ4n) is 4.65. The van der Waals surface area contributed by atoms with Gasteiger partial charge in [-0.05, 0) is 56.8 Å². The smallest absolute Gasteiger partial charge is 0.309 e. The molecule has 6 atom stereocenters. The molecule has 0 aromatic rings. The fourth-order valence-corrected chi connectivity index (χ4v) is 4.65. The predicted molar refractivity (Wildman–Crippen MR) is 107 cm³/mol. The van der Waals surface area contributed by atoms with E-state index in [9.17, 15) is 20.1 Å². The van der Waals surface area contributed by atoms with E-state index in [4.69, 9.17) is 5.11 Å². The van der Waals surface area contributed by atoms with Crippen LogP contribution < -0.4 is 0 Å². The molecule has 160 valence electrons. The molecule has 0 heterocycles. The van der Waals surface area contributed by atoms with Crippen molar-refractivity contribution in [2.45, 2.75) is 116 Å². The lowest BCUT2D eigenvalue weighted by molar-refractivity contribution is -0.146. The fraction of sp³-hybridized carbons (Fsp3) is 0.955. The largest absolute Gasteiger partial charge is 0.481 e. The van der Waals surface area contributed by atoms with Crippen LogP contribution in [0.5, 0.6) is 0 Å². The monoisotopic (exact) mass is 386 g/mol. The minimum atomic E-state index is -0.915. The van der Waals surface area contributed by atoms with Crippen LogP contribution in [0.25, 0.3) is 0 Å². The second-order valence-corrected chi connectivity index (χ2v) is 8.50. The van der Waals surface area contributed by atoms with Gasteiger partial charge in [0.05, 0.1) is 24.2 Å². The quantitative estimate of drug-likeness (QED) is 0.317. The number of aliphatic hydroxyl groups excluding tert-OH is 3. The van der Waals surface area contributed by atoms with E-state index in [0.717, 1.165) is 64.2 Å². The number of aliphatic hydroxyl groups is 3. The van der Waals surface area contributed by atoms with E-state index < -0.39 is 18.0 Å². The number of hydrogen-bond acceptors (Lipinski definition) is 4. The lowest BCUT2D eigenvalue weighted by atomic mass is 9.85. The SMILES string of the molecule is CCCCCC(O)CC[C@@H]1[C@@H](CCCCC(O)C(CC)C(=O)O)CC[C@H]1O. The number of carboxylic acid groups (broad SMARTS) is 1. The number of carbonyl (C=O) groups is 1. The Bertz CT molecular complexity index is 400. The highest BCUT2D eigenvalue weighted by Gasteiger charge is 2.34. The summed E-state index contributed by atoms with van der Waals surface area (Å²) in [7, 11) is 0. The molecule has 1 aliphatic rings. The summed E-state index contributed by atoms with van der Waals surface area (Å²) in [5.74, 6) is -0.818. The van der Waals surface area contributed by atoms with Crippen molar-refractivity contribution >= 4 is 5.97 Å². The van der Waals surface area contributed by atoms with E-state index >= 15 is 0 Å². The summed E-state index contributed by atoms with van der Waals surface area (Å²) in [4.78, 5) is 11.1. The highest BCUT2D eigenvalue weighted by Crippen LogP contribution is 2.39. The first-order chi connectivity index (χ1) is 12.9. The third-order valence-electron chi connectivity index (χ3n) is 6.45. The molecule has 0 saturated heterocycles. The van der Waals surface area contributed by atoms with Crippen LogP contribution in [0.4, 0.5) is 0 Å². The van der Waals surface area contributed by atoms with Gasteiger partial charge in [0.25, 0.3) is 0 Å². The number of unbranched alkanes of at least 4 members (excludes halogenated alkanes) is 3. The average molecular weight is 387 g/mol. The van der Waals surface area contributed by atoms with Crippen LogP contribution in [-0.4, -0.2) is 44.7 Å². The van der Waals surface area contributed by atoms with Crippen molar-refractivity contribution in [1.82, 2.24) is 0 Å². The van der Waals surface area contributed by atoms with Crippen LogP contribution in [0, 0.1) is 17.8 Å². The van der Waals surface area contributed by atoms with Gasteiger partial charge in [0, 0.05) is 0 Å². The van der Waals surface area contributed by atoms with Crippen molar-refractivity contribution in [1.29, 1.82) is 0 Å². The van der Waals surface area contributed by atoms with Crippen LogP contribution in [-0.2, 0) is 4.79 Å². The zero-order valence-electron chi connectivity index (χ0n) is 17.4. The zero-order chi connectivity index (χ0) is 20.2. The molecule has 1 aliphatic carbocycles. The minimum absolute atomic E-state index is 0.248. The molecule has 27 heavy (non-hydrogen) atoms. The van der Waals surface area contributed by atoms with E-state index in [1.807, 2.05) is 0 Å². The molecule has 0 bridgehead atoms. The summed E-state index contributed by atoms with van der Waals surface area (Å²) in [6, 6.07) is 0. The van der Waals surface area contributed by atoms with Gasteiger partial charge in [0.15, 0.2) is 0 Å². The number of rotatable bonds is 15. The summed E-state index contributed by atoms with van der Waals surface area (Å²) in [6.45, 7) is 3.96. The van der Waals surface area contributed by atoms with Crippen LogP contribution in [0.2, 0.25) is 0 Å². The molecule has 1 saturated carbocycles. The molecule has 5 nitrogen and oxygen atoms in total. The normalized spacial score (nSPS) is 26.0. The van der Waals surface area contributed by atoms with Gasteiger partial charge in [-0.15, -0.1) is 0 Å². The van der Waals surface area contributed by atoms with Gasteiger partial charge in [0.1, 0.15) is 0 Å². The molecule has 3 unspecified atom stereocenters. The molecule has 0 spiro atoms. The van der Waals surface area contributed by atoms with Crippen LogP contribution in [0.1, 0.15) is 97.3 Å². The Hall–Kier alpha value is -0.650. The molecule has 0 aromatic heterocycles. The van der Waals surface area contributed by atoms with E-state index in [1.165, 1.54) is 6.42 Å². The number of aliphatic carboxylic acids is 1. The summed E-state index contributed by atoms with van der Waals surface area (Å²) in [6.07, 6.45) is 10.3. The second kappa shape index (κ2) is 13.5. The Balaban J connectivity index is 2.29. The molecule has 1 fully saturated rings. The first-order valence-electron chi connectivity index (χ1n) is 11.2. The van der Waals surface area contributed by atoms with Crippen LogP contribution >= 0.6 is 0 Å². The van der Waals surface area contributed by atoms with Gasteiger partial charge >= 0.3 is 5.97 Å². The first kappa shape index (κ1) is 24.4. The van der Waals surface area contributed by atoms with Crippen LogP contribution in [0.3, 0.4) is 0 Å². The maximum absolute atomic E-state index is 11.1. The molecule has 0 aliphatic heterocycles. The van der Waals surface area contributed by atoms with Gasteiger partial charge in [0.2, 0.25) is 0 Å². The molecule has 0 aromatic carbocycles. The summed E-state index contributed by atoms with van der Waals surface area (Å²) in [5.41, 5.74) is 0. The molecule has 1 rings (SSSR count). The second-order valence-electron chi connectivity index (χ2n) is 8.50. The zero-order valence-corrected chi connectivity index (χ0v) is 17.4. The van der Waals surface area contributed by atoms with Gasteiger partial charge in [-0.25, -0.2) is 0 Å². The average Bonchev–Trinajstić information content (AvgIpc) is 2.97. The van der Waals surface area contributed by atoms with Crippen molar-refractivity contribution < 1.29 is 25.2 Å². The van der Waals surface area contributed by atoms with Crippen molar-refractivity contribution in [3.63, 3.8) is 0 Å². The van der Waals surface area contributed by atoms with Gasteiger partial charge in [-0.2, -0.15) is 0 Å². The predicted octanol–water partition coefficient (Wildman–Crippen LogP) is 4.13. The van der Waals surface area contributed by atoms with Gasteiger partial charge < -0.3 is 20.4 Å². The minimum Gasteiger partial charge on any atom is -0.481 e. The third kappa shape index (κ3) is 8.93. The lowest BCUT2D eigenvalue weighted by Gasteiger charge is -2.24. The summed E-state index contributed by atoms with van der Waals surface area (Å²) >= 11 is 0. The maximum Gasteiger partial charge on any atom is 0.309 e. The molecule has 0 amide bonds. The number of hydrogen-bond donors (Lipinski definition) is 4. The Morgan fingerprint density at radius 2 is 1.67 bits per heavy atom. The Morgan fingerprint density at radius 3 is 2.30 bits per heavy atom. The summed E-state index contributed by atoms with van der Waals surface area (Å²) < 4.78 is 0. The van der Waals surface area contributed by atoms with Gasteiger partial charge in [-0.1, -0.05) is 52.4 Å². The van der Waals surface area contributed by atoms with E-state index in [2.05, 4.69) is 6.92 Å². The molecule has 5 heteroatoms. The van der Waals surface area contributed by atoms with E-state index in [1.54, 1.807) is 6.92 Å². The Labute approximate surface area is 165 Å². The highest BCUT2D eigenvalue weighted by atomic mass is 16.4. The van der Waals surface area contributed by atoms with Crippen molar-refractivity contribution in [3.05, 3.63) is 0 Å². The molecular formula is C22H42O5. The third-order valence-corrected chi connectivity index (χ3v) is 6.45. The maximum atomic E-state index is 11.1. The van der Waals surface area contributed by atoms with Gasteiger partial charge in [-0.3, -0.25) is 4.79 Å². The van der Waals surface area contributed by atoms with Crippen LogP contribution in [0.15, 0.2) is 0 Å². The highest BCUT2D eigenvalue weighted by molar-refractivity contribution is 5.70. The van der Waals surface area contributed by atoms with Crippen molar-refractivity contribution in [2.75, 3.05) is 0 Å². The topological polar surface area (TPSA) is 98.0 Å². The standard InChI is InChI=1S/C22H42O5/c1-3-5-6-10-17(23)13-14-19-16(12-15-21(19)25)9-7-8-11-20(24)18(4-2)22(26)27/h16-21,23-25H,3-15H2,1-2H3,(H,26,27)/t16-,17?,18?,19+,20?,21+/m0/s1. The lowest BCUT2D eigenvalue weighted by Crippen LogP contribution is -2.27. The first-order valence-corrected chi connectivity index (χ1v) is 11.2. The Kier molecular flexibility index (Phi) is 12.2. The molecule has 4 N–H and O–H groups in total. The summed E-state index contributed by atoms with van der Waals surface area (Å²) in [5, 5.41) is 39.6. The van der Waals surface area contributed by atoms with E-state index in [0.29, 0.717) is 18.8 Å². The van der Waals surface area contributed by atoms with Crippen molar-refractivity contribution in [3.8, 4) is 0 Å². The molecular weight excluding hydrogens is 344 g/mol.